The molecule has 246 valence electrons. The number of Topliss-reactive ketones (excluding diaryl/α,β-unsaturated/α-hetero) is 1. The van der Waals surface area contributed by atoms with Crippen LogP contribution in [-0.2, 0) is 32.2 Å². The van der Waals surface area contributed by atoms with E-state index in [0.717, 1.165) is 52.4 Å². The van der Waals surface area contributed by atoms with E-state index in [2.05, 4.69) is 4.98 Å². The molecular weight excluding hydrogens is 614 g/mol. The number of carbonyl (C=O) groups excluding carboxylic acids is 3. The third-order valence-corrected chi connectivity index (χ3v) is 9.51. The maximum atomic E-state index is 14.6. The fourth-order valence-corrected chi connectivity index (χ4v) is 7.18. The smallest absolute Gasteiger partial charge is 0.345 e. The van der Waals surface area contributed by atoms with Gasteiger partial charge in [-0.3, -0.25) is 9.59 Å². The number of H-pyrrole nitrogens is 1. The molecule has 48 heavy (non-hydrogen) atoms. The Morgan fingerprint density at radius 3 is 2.33 bits per heavy atom. The molecule has 2 N–H and O–H groups in total. The van der Waals surface area contributed by atoms with Crippen LogP contribution in [0.25, 0.3) is 43.6 Å². The number of benzene rings is 4. The van der Waals surface area contributed by atoms with Gasteiger partial charge in [-0.2, -0.15) is 0 Å². The minimum atomic E-state index is -2.46. The lowest BCUT2D eigenvalue weighted by atomic mass is 9.94. The first-order valence-corrected chi connectivity index (χ1v) is 15.5. The van der Waals surface area contributed by atoms with Crippen molar-refractivity contribution in [2.45, 2.75) is 38.3 Å². The molecule has 0 spiro atoms. The maximum Gasteiger partial charge on any atom is 0.345 e. The Morgan fingerprint density at radius 1 is 0.938 bits per heavy atom. The van der Waals surface area contributed by atoms with Crippen molar-refractivity contribution in [3.63, 3.8) is 0 Å². The van der Waals surface area contributed by atoms with Gasteiger partial charge in [0.05, 0.1) is 43.4 Å². The van der Waals surface area contributed by atoms with Crippen molar-refractivity contribution in [3.8, 4) is 11.5 Å². The summed E-state index contributed by atoms with van der Waals surface area (Å²) in [7, 11) is 5.73. The third-order valence-electron chi connectivity index (χ3n) is 9.51. The number of rotatable bonds is 10. The second-order valence-corrected chi connectivity index (χ2v) is 12.0. The number of hydrogen-bond acceptors (Lipinski definition) is 8. The third kappa shape index (κ3) is 4.53. The Bertz CT molecular complexity index is 2290. The van der Waals surface area contributed by atoms with Crippen molar-refractivity contribution in [2.75, 3.05) is 28.4 Å². The topological polar surface area (TPSA) is 132 Å². The Hall–Kier alpha value is -5.39. The second-order valence-electron chi connectivity index (χ2n) is 12.0. The minimum Gasteiger partial charge on any atom is -0.493 e. The highest BCUT2D eigenvalue weighted by Gasteiger charge is 2.46. The van der Waals surface area contributed by atoms with Crippen molar-refractivity contribution < 1.29 is 38.4 Å². The van der Waals surface area contributed by atoms with Gasteiger partial charge in [-0.05, 0) is 42.3 Å². The zero-order valence-electron chi connectivity index (χ0n) is 27.2. The van der Waals surface area contributed by atoms with Gasteiger partial charge in [0.15, 0.2) is 17.3 Å². The summed E-state index contributed by atoms with van der Waals surface area (Å²) in [6, 6.07) is 21.1. The van der Waals surface area contributed by atoms with Crippen LogP contribution in [0.1, 0.15) is 41.1 Å². The average Bonchev–Trinajstić information content (AvgIpc) is 3.76. The number of ketones is 1. The van der Waals surface area contributed by atoms with E-state index >= 15 is 0 Å². The zero-order chi connectivity index (χ0) is 33.9. The van der Waals surface area contributed by atoms with Crippen molar-refractivity contribution >= 4 is 61.3 Å². The van der Waals surface area contributed by atoms with Crippen molar-refractivity contribution in [1.82, 2.24) is 14.5 Å². The molecule has 7 rings (SSSR count). The van der Waals surface area contributed by atoms with E-state index in [4.69, 9.17) is 18.9 Å². The van der Waals surface area contributed by atoms with Crippen LogP contribution in [0.4, 0.5) is 0 Å². The van der Waals surface area contributed by atoms with E-state index in [1.807, 2.05) is 76.2 Å². The number of esters is 1. The summed E-state index contributed by atoms with van der Waals surface area (Å²) >= 11 is 0. The molecule has 0 aliphatic carbocycles. The summed E-state index contributed by atoms with van der Waals surface area (Å²) in [6.45, 7) is 1.85. The second kappa shape index (κ2) is 11.7. The Balaban J connectivity index is 1.50. The van der Waals surface area contributed by atoms with Crippen LogP contribution in [0.2, 0.25) is 0 Å². The number of fused-ring (bicyclic) bond motifs is 10. The molecule has 0 saturated heterocycles. The predicted molar refractivity (Wildman–Crippen MR) is 180 cm³/mol. The number of aromatic amines is 1. The first-order valence-electron chi connectivity index (χ1n) is 15.5. The van der Waals surface area contributed by atoms with Gasteiger partial charge in [0.1, 0.15) is 6.23 Å². The number of amides is 1. The molecule has 0 radical (unpaired) electrons. The zero-order valence-corrected chi connectivity index (χ0v) is 27.2. The van der Waals surface area contributed by atoms with Gasteiger partial charge in [0, 0.05) is 53.7 Å². The van der Waals surface area contributed by atoms with Gasteiger partial charge < -0.3 is 38.5 Å². The number of aromatic nitrogens is 2. The van der Waals surface area contributed by atoms with E-state index in [1.54, 1.807) is 14.2 Å². The average molecular weight is 650 g/mol. The Labute approximate surface area is 275 Å². The monoisotopic (exact) mass is 649 g/mol. The summed E-state index contributed by atoms with van der Waals surface area (Å²) < 4.78 is 23.6. The summed E-state index contributed by atoms with van der Waals surface area (Å²) in [6.07, 6.45) is -1.43. The van der Waals surface area contributed by atoms with E-state index in [9.17, 15) is 19.5 Å². The summed E-state index contributed by atoms with van der Waals surface area (Å²) in [4.78, 5) is 45.5. The highest BCUT2D eigenvalue weighted by atomic mass is 16.5. The van der Waals surface area contributed by atoms with Crippen LogP contribution >= 0.6 is 0 Å². The molecule has 0 fully saturated rings. The number of nitrogens with one attached hydrogen (secondary N) is 1. The van der Waals surface area contributed by atoms with Crippen molar-refractivity contribution in [3.05, 3.63) is 83.4 Å². The summed E-state index contributed by atoms with van der Waals surface area (Å²) in [5.74, 6) is -0.801. The van der Waals surface area contributed by atoms with Gasteiger partial charge in [-0.25, -0.2) is 4.79 Å². The molecule has 0 bridgehead atoms. The van der Waals surface area contributed by atoms with E-state index in [-0.39, 0.29) is 5.91 Å². The molecule has 1 aliphatic rings. The van der Waals surface area contributed by atoms with E-state index in [0.29, 0.717) is 46.6 Å². The van der Waals surface area contributed by atoms with Gasteiger partial charge in [-0.15, -0.1) is 0 Å². The molecule has 11 heteroatoms. The molecular formula is C37H35N3O8. The van der Waals surface area contributed by atoms with Crippen molar-refractivity contribution in [1.29, 1.82) is 0 Å². The summed E-state index contributed by atoms with van der Waals surface area (Å²) in [5.41, 5.74) is 2.90. The van der Waals surface area contributed by atoms with Crippen LogP contribution in [0.3, 0.4) is 0 Å². The first kappa shape index (κ1) is 31.2. The fraction of sp³-hybridized carbons (Fsp3) is 0.270. The molecule has 2 atom stereocenters. The number of ether oxygens (including phenoxy) is 4. The molecule has 4 aromatic carbocycles. The molecule has 0 saturated carbocycles. The van der Waals surface area contributed by atoms with E-state index < -0.39 is 30.0 Å². The van der Waals surface area contributed by atoms with Crippen LogP contribution < -0.4 is 9.47 Å². The minimum absolute atomic E-state index is 0.136. The van der Waals surface area contributed by atoms with Crippen molar-refractivity contribution in [2.24, 2.45) is 0 Å². The lowest BCUT2D eigenvalue weighted by Gasteiger charge is -2.28. The highest BCUT2D eigenvalue weighted by molar-refractivity contribution is 6.30. The standard InChI is InChI=1S/C37H35N3O8/c1-20(41)37(44,36(43)48-5)17-29(47-4)40-26-13-9-7-11-23(26)31-32-24(30-22-10-6-8-12-25(22)38-33(30)34(31)40)19-39(35(32)42)18-21-14-15-27(45-2)28(16-21)46-3/h6-16,29,38,44H,17-19H2,1-5H3/t29?,37-/m1/s1. The molecule has 6 aromatic rings. The van der Waals surface area contributed by atoms with Gasteiger partial charge >= 0.3 is 5.97 Å². The van der Waals surface area contributed by atoms with Crippen LogP contribution in [0, 0.1) is 0 Å². The SMILES string of the molecule is COC(=O)[C@@](O)(CC(OC)n1c2ccccc2c2c3c(c4c5ccccc5[nH]c4c21)CN(Cc1ccc(OC)c(OC)c1)C3=O)C(C)=O. The normalized spacial score (nSPS) is 14.9. The number of aliphatic hydroxyl groups is 1. The Morgan fingerprint density at radius 2 is 1.65 bits per heavy atom. The molecule has 3 heterocycles. The summed E-state index contributed by atoms with van der Waals surface area (Å²) in [5, 5.41) is 14.7. The van der Waals surface area contributed by atoms with Gasteiger partial charge in [0.2, 0.25) is 5.60 Å². The van der Waals surface area contributed by atoms with Gasteiger partial charge in [-0.1, -0.05) is 42.5 Å². The number of hydrogen-bond donors (Lipinski definition) is 2. The highest BCUT2D eigenvalue weighted by Crippen LogP contribution is 2.47. The lowest BCUT2D eigenvalue weighted by molar-refractivity contribution is -0.172. The first-order chi connectivity index (χ1) is 23.2. The number of nitrogens with zero attached hydrogens (tertiary/aromatic N) is 2. The molecule has 1 aliphatic heterocycles. The molecule has 1 amide bonds. The number of methoxy groups -OCH3 is 4. The molecule has 11 nitrogen and oxygen atoms in total. The van der Waals surface area contributed by atoms with E-state index in [1.165, 1.54) is 7.11 Å². The number of para-hydroxylation sites is 2. The lowest BCUT2D eigenvalue weighted by Crippen LogP contribution is -2.48. The molecule has 2 aromatic heterocycles. The quantitative estimate of drug-likeness (QED) is 0.144. The number of carbonyl (C=O) groups is 3. The predicted octanol–water partition coefficient (Wildman–Crippen LogP) is 5.63. The maximum absolute atomic E-state index is 14.6. The van der Waals surface area contributed by atoms with Crippen LogP contribution in [0.5, 0.6) is 11.5 Å². The van der Waals surface area contributed by atoms with Gasteiger partial charge in [0.25, 0.3) is 5.91 Å². The van der Waals surface area contributed by atoms with Crippen LogP contribution in [0.15, 0.2) is 66.7 Å². The van der Waals surface area contributed by atoms with Crippen LogP contribution in [-0.4, -0.2) is 71.3 Å². The fourth-order valence-electron chi connectivity index (χ4n) is 7.18. The Kier molecular flexibility index (Phi) is 7.61. The molecule has 1 unspecified atom stereocenters. The largest absolute Gasteiger partial charge is 0.493 e.